The lowest BCUT2D eigenvalue weighted by atomic mass is 9.94. The Morgan fingerprint density at radius 3 is 2.95 bits per heavy atom. The van der Waals surface area contributed by atoms with Gasteiger partial charge in [-0.25, -0.2) is 4.99 Å². The quantitative estimate of drug-likeness (QED) is 0.812. The predicted molar refractivity (Wildman–Crippen MR) is 89.5 cm³/mol. The molecule has 110 valence electrons. The Morgan fingerprint density at radius 2 is 2.05 bits per heavy atom. The van der Waals surface area contributed by atoms with Crippen molar-refractivity contribution in [2.75, 3.05) is 13.1 Å². The molecule has 0 N–H and O–H groups in total. The number of aryl methyl sites for hydroxylation is 1. The molecule has 0 saturated heterocycles. The van der Waals surface area contributed by atoms with E-state index >= 15 is 0 Å². The maximum absolute atomic E-state index is 4.98. The van der Waals surface area contributed by atoms with Crippen LogP contribution in [0.25, 0.3) is 0 Å². The van der Waals surface area contributed by atoms with Crippen LogP contribution in [0.4, 0.5) is 5.00 Å². The summed E-state index contributed by atoms with van der Waals surface area (Å²) in [4.78, 5) is 18.1. The number of nitrogens with zero attached hydrogens (tertiary/aromatic N) is 4. The molecule has 5 rings (SSSR count). The number of hydrogen-bond donors (Lipinski definition) is 0. The summed E-state index contributed by atoms with van der Waals surface area (Å²) < 4.78 is 0. The van der Waals surface area contributed by atoms with E-state index in [1.165, 1.54) is 41.7 Å². The van der Waals surface area contributed by atoms with Gasteiger partial charge in [0.15, 0.2) is 5.84 Å². The first kappa shape index (κ1) is 12.5. The summed E-state index contributed by atoms with van der Waals surface area (Å²) in [5.74, 6) is 2.09. The van der Waals surface area contributed by atoms with Gasteiger partial charge in [-0.05, 0) is 43.4 Å². The van der Waals surface area contributed by atoms with E-state index in [1.807, 2.05) is 35.7 Å². The topological polar surface area (TPSA) is 40.9 Å². The summed E-state index contributed by atoms with van der Waals surface area (Å²) in [5.41, 5.74) is 3.77. The van der Waals surface area contributed by atoms with Crippen LogP contribution in [0, 0.1) is 0 Å². The molecule has 0 atom stereocenters. The second-order valence-corrected chi connectivity index (χ2v) is 6.98. The first-order valence-electron chi connectivity index (χ1n) is 7.89. The molecule has 0 amide bonds. The lowest BCUT2D eigenvalue weighted by molar-refractivity contribution is 0.656. The van der Waals surface area contributed by atoms with Gasteiger partial charge in [0.2, 0.25) is 0 Å². The van der Waals surface area contributed by atoms with Gasteiger partial charge in [-0.1, -0.05) is 6.07 Å². The number of aliphatic imine (C=N–C) groups is 2. The Hall–Kier alpha value is -2.01. The van der Waals surface area contributed by atoms with Gasteiger partial charge < -0.3 is 4.90 Å². The third kappa shape index (κ3) is 1.72. The smallest absolute Gasteiger partial charge is 0.161 e. The Balaban J connectivity index is 1.73. The molecule has 2 aliphatic heterocycles. The molecule has 0 spiro atoms. The average Bonchev–Trinajstić information content (AvgIpc) is 3.18. The van der Waals surface area contributed by atoms with Crippen molar-refractivity contribution in [2.45, 2.75) is 25.7 Å². The zero-order valence-corrected chi connectivity index (χ0v) is 13.1. The largest absolute Gasteiger partial charge is 0.307 e. The van der Waals surface area contributed by atoms with Crippen LogP contribution in [-0.2, 0) is 12.8 Å². The van der Waals surface area contributed by atoms with Gasteiger partial charge in [0, 0.05) is 17.6 Å². The van der Waals surface area contributed by atoms with E-state index in [0.717, 1.165) is 35.5 Å². The van der Waals surface area contributed by atoms with Gasteiger partial charge in [-0.15, -0.1) is 11.3 Å². The summed E-state index contributed by atoms with van der Waals surface area (Å²) in [5, 5.41) is 1.14. The van der Waals surface area contributed by atoms with Gasteiger partial charge in [-0.3, -0.25) is 9.98 Å². The molecule has 22 heavy (non-hydrogen) atoms. The van der Waals surface area contributed by atoms with E-state index in [4.69, 9.17) is 9.98 Å². The van der Waals surface area contributed by atoms with Crippen molar-refractivity contribution < 1.29 is 0 Å². The highest BCUT2D eigenvalue weighted by Gasteiger charge is 2.35. The van der Waals surface area contributed by atoms with Crippen LogP contribution < -0.4 is 0 Å². The highest BCUT2D eigenvalue weighted by molar-refractivity contribution is 7.16. The molecule has 0 bridgehead atoms. The van der Waals surface area contributed by atoms with E-state index in [0.29, 0.717) is 0 Å². The van der Waals surface area contributed by atoms with Crippen molar-refractivity contribution in [3.8, 4) is 0 Å². The monoisotopic (exact) mass is 308 g/mol. The predicted octanol–water partition coefficient (Wildman–Crippen LogP) is 3.18. The van der Waals surface area contributed by atoms with Crippen LogP contribution >= 0.6 is 11.3 Å². The third-order valence-electron chi connectivity index (χ3n) is 4.57. The molecule has 3 aliphatic rings. The van der Waals surface area contributed by atoms with Gasteiger partial charge in [-0.2, -0.15) is 0 Å². The molecule has 0 fully saturated rings. The van der Waals surface area contributed by atoms with Gasteiger partial charge >= 0.3 is 0 Å². The summed E-state index contributed by atoms with van der Waals surface area (Å²) in [7, 11) is 0. The molecule has 5 heteroatoms. The SMILES string of the molecule is c1ccc(C2=Nc3sc4c(c3C3=NCCN23)CCCC4)nc1. The Morgan fingerprint density at radius 1 is 1.09 bits per heavy atom. The van der Waals surface area contributed by atoms with Gasteiger partial charge in [0.05, 0.1) is 12.1 Å². The molecule has 2 aromatic rings. The van der Waals surface area contributed by atoms with Crippen LogP contribution in [0.2, 0.25) is 0 Å². The first-order chi connectivity index (χ1) is 10.9. The second kappa shape index (κ2) is 4.74. The molecule has 2 aromatic heterocycles. The standard InChI is InChI=1S/C17H16N4S/c1-2-7-13-11(5-1)14-16-19-9-10-21(16)15(20-17(14)22-13)12-6-3-4-8-18-12/h3-4,6,8H,1-2,5,7,9-10H2. The van der Waals surface area contributed by atoms with Crippen LogP contribution in [0.5, 0.6) is 0 Å². The van der Waals surface area contributed by atoms with Crippen molar-refractivity contribution in [1.29, 1.82) is 0 Å². The van der Waals surface area contributed by atoms with E-state index in [1.54, 1.807) is 0 Å². The fraction of sp³-hybridized carbons (Fsp3) is 0.353. The first-order valence-corrected chi connectivity index (χ1v) is 8.70. The molecular weight excluding hydrogens is 292 g/mol. The lowest BCUT2D eigenvalue weighted by Crippen LogP contribution is -2.38. The number of pyridine rings is 1. The third-order valence-corrected chi connectivity index (χ3v) is 5.76. The number of thiophene rings is 1. The minimum atomic E-state index is 0.852. The van der Waals surface area contributed by atoms with E-state index in [9.17, 15) is 0 Å². The maximum atomic E-state index is 4.98. The van der Waals surface area contributed by atoms with Crippen molar-refractivity contribution in [3.05, 3.63) is 46.1 Å². The maximum Gasteiger partial charge on any atom is 0.161 e. The molecule has 1 aliphatic carbocycles. The van der Waals surface area contributed by atoms with E-state index < -0.39 is 0 Å². The number of hydrogen-bond acceptors (Lipinski definition) is 5. The number of amidine groups is 2. The Kier molecular flexibility index (Phi) is 2.70. The summed E-state index contributed by atoms with van der Waals surface area (Å²) in [6.45, 7) is 1.76. The van der Waals surface area contributed by atoms with Crippen LogP contribution in [-0.4, -0.2) is 34.6 Å². The molecule has 0 unspecified atom stereocenters. The van der Waals surface area contributed by atoms with Crippen molar-refractivity contribution in [3.63, 3.8) is 0 Å². The number of fused-ring (bicyclic) bond motifs is 5. The zero-order chi connectivity index (χ0) is 14.5. The lowest BCUT2D eigenvalue weighted by Gasteiger charge is -2.26. The summed E-state index contributed by atoms with van der Waals surface area (Å²) in [6, 6.07) is 6.00. The van der Waals surface area contributed by atoms with Gasteiger partial charge in [0.25, 0.3) is 0 Å². The number of aromatic nitrogens is 1. The molecule has 4 heterocycles. The van der Waals surface area contributed by atoms with Crippen LogP contribution in [0.1, 0.15) is 34.5 Å². The van der Waals surface area contributed by atoms with E-state index in [2.05, 4.69) is 9.88 Å². The van der Waals surface area contributed by atoms with Crippen molar-refractivity contribution in [2.24, 2.45) is 9.98 Å². The fourth-order valence-corrected chi connectivity index (χ4v) is 4.83. The Labute approximate surface area is 133 Å². The normalized spacial score (nSPS) is 19.2. The fourth-order valence-electron chi connectivity index (χ4n) is 3.58. The minimum absolute atomic E-state index is 0.852. The molecule has 4 nitrogen and oxygen atoms in total. The van der Waals surface area contributed by atoms with E-state index in [-0.39, 0.29) is 0 Å². The molecule has 0 saturated carbocycles. The van der Waals surface area contributed by atoms with Crippen LogP contribution in [0.15, 0.2) is 34.4 Å². The molecular formula is C17H16N4S. The molecule has 0 aromatic carbocycles. The highest BCUT2D eigenvalue weighted by atomic mass is 32.1. The summed E-state index contributed by atoms with van der Waals surface area (Å²) in [6.07, 6.45) is 6.82. The zero-order valence-electron chi connectivity index (χ0n) is 12.2. The minimum Gasteiger partial charge on any atom is -0.307 e. The average molecular weight is 308 g/mol. The highest BCUT2D eigenvalue weighted by Crippen LogP contribution is 2.43. The number of rotatable bonds is 1. The van der Waals surface area contributed by atoms with Crippen LogP contribution in [0.3, 0.4) is 0 Å². The van der Waals surface area contributed by atoms with Crippen molar-refractivity contribution in [1.82, 2.24) is 9.88 Å². The van der Waals surface area contributed by atoms with Gasteiger partial charge in [0.1, 0.15) is 16.5 Å². The second-order valence-electron chi connectivity index (χ2n) is 5.90. The molecule has 0 radical (unpaired) electrons. The van der Waals surface area contributed by atoms with Crippen molar-refractivity contribution >= 4 is 28.0 Å². The summed E-state index contributed by atoms with van der Waals surface area (Å²) >= 11 is 1.86. The Bertz CT molecular complexity index is 804.